The van der Waals surface area contributed by atoms with E-state index >= 15 is 0 Å². The van der Waals surface area contributed by atoms with E-state index in [1.54, 1.807) is 11.1 Å². The number of hydrogen-bond acceptors (Lipinski definition) is 0. The van der Waals surface area contributed by atoms with Crippen molar-refractivity contribution in [3.63, 3.8) is 0 Å². The summed E-state index contributed by atoms with van der Waals surface area (Å²) in [5.41, 5.74) is 24.0. The Morgan fingerprint density at radius 1 is 0.406 bits per heavy atom. The summed E-state index contributed by atoms with van der Waals surface area (Å²) >= 11 is 0. The van der Waals surface area contributed by atoms with Crippen LogP contribution in [0.2, 0.25) is 0 Å². The van der Waals surface area contributed by atoms with Crippen molar-refractivity contribution in [2.75, 3.05) is 0 Å². The lowest BCUT2D eigenvalue weighted by atomic mass is 9.45. The van der Waals surface area contributed by atoms with Crippen molar-refractivity contribution in [3.05, 3.63) is 175 Å². The largest absolute Gasteiger partial charge is 0.375 e. The quantitative estimate of drug-likeness (QED) is 0.152. The van der Waals surface area contributed by atoms with Crippen molar-refractivity contribution in [3.8, 4) is 50.2 Å². The summed E-state index contributed by atoms with van der Waals surface area (Å²) in [6, 6.07) is 64.4. The van der Waals surface area contributed by atoms with Gasteiger partial charge in [0.25, 0.3) is 0 Å². The number of hydrogen-bond donors (Lipinski definition) is 0. The highest BCUT2D eigenvalue weighted by molar-refractivity contribution is 6.90. The fourth-order valence-electron chi connectivity index (χ4n) is 16.3. The van der Waals surface area contributed by atoms with Gasteiger partial charge < -0.3 is 9.05 Å². The van der Waals surface area contributed by atoms with Gasteiger partial charge in [-0.2, -0.15) is 0 Å². The zero-order valence-corrected chi connectivity index (χ0v) is 39.6. The van der Waals surface area contributed by atoms with Crippen LogP contribution in [-0.2, 0) is 10.8 Å². The lowest BCUT2D eigenvalue weighted by Gasteiger charge is -2.46. The summed E-state index contributed by atoms with van der Waals surface area (Å²) in [4.78, 5) is 0. The molecule has 69 heavy (non-hydrogen) atoms. The standard InChI is InChI=1S/C66H57BN2/c1-4-18-44(19-5-1)47-24-26-59-52(32-47)55-34-48(45-20-6-2-7-21-45)35-58-64(55)68(59)61-36-49(46-22-8-3-9-23-46)33-54-57-39-51(66-30-12-16-43(41-66)17-13-31-66)38-56-53-37-50(65-28-10-14-42(40-65)15-11-29-65)25-27-60(53)69(63(56)57)67(58)62(54)61/h1-9,18-27,32-39,42-43H,10-17,28-31,40-41H2. The van der Waals surface area contributed by atoms with Crippen LogP contribution in [0.1, 0.15) is 101 Å². The third-order valence-electron chi connectivity index (χ3n) is 19.3. The van der Waals surface area contributed by atoms with Gasteiger partial charge >= 0.3 is 6.85 Å². The minimum atomic E-state index is -0.000554. The van der Waals surface area contributed by atoms with Crippen LogP contribution >= 0.6 is 0 Å². The first-order valence-corrected chi connectivity index (χ1v) is 26.7. The first kappa shape index (κ1) is 39.3. The molecule has 4 bridgehead atoms. The topological polar surface area (TPSA) is 9.86 Å². The smallest absolute Gasteiger partial charge is 0.333 e. The van der Waals surface area contributed by atoms with Gasteiger partial charge in [0.1, 0.15) is 0 Å². The van der Waals surface area contributed by atoms with Gasteiger partial charge in [-0.25, -0.2) is 0 Å². The van der Waals surface area contributed by atoms with Gasteiger partial charge in [-0.15, -0.1) is 0 Å². The molecule has 2 nitrogen and oxygen atoms in total. The van der Waals surface area contributed by atoms with Crippen LogP contribution < -0.4 is 10.9 Å². The molecular formula is C66H57BN2. The molecule has 10 aromatic rings. The highest BCUT2D eigenvalue weighted by Gasteiger charge is 2.46. The van der Waals surface area contributed by atoms with Crippen molar-refractivity contribution in [2.45, 2.75) is 101 Å². The SMILES string of the molecule is c1ccc(-c2cc3c4c(c2)-n2c5ccc(-c6ccccc6)cc5c5cc(-c6ccccc6)cc(c52)B4n2c4ccc(C56CCCC(CCC5)C6)cc4c4cc(C56CCCC(CCC5)C6)cc-3c42)cc1. The van der Waals surface area contributed by atoms with Gasteiger partial charge in [-0.3, -0.25) is 0 Å². The van der Waals surface area contributed by atoms with Crippen LogP contribution in [0.4, 0.5) is 0 Å². The van der Waals surface area contributed by atoms with E-state index in [4.69, 9.17) is 0 Å². The molecule has 6 aliphatic rings. The van der Waals surface area contributed by atoms with Crippen molar-refractivity contribution in [1.82, 2.24) is 9.05 Å². The van der Waals surface area contributed by atoms with E-state index < -0.39 is 0 Å². The second-order valence-corrected chi connectivity index (χ2v) is 22.8. The Labute approximate surface area is 406 Å². The normalized spacial score (nSPS) is 23.2. The molecule has 16 rings (SSSR count). The fraction of sp³-hybridized carbons (Fsp3) is 0.273. The van der Waals surface area contributed by atoms with Crippen LogP contribution in [-0.4, -0.2) is 15.9 Å². The summed E-state index contributed by atoms with van der Waals surface area (Å²) < 4.78 is 5.56. The van der Waals surface area contributed by atoms with Crippen molar-refractivity contribution in [1.29, 1.82) is 0 Å². The number of aromatic nitrogens is 2. The lowest BCUT2D eigenvalue weighted by molar-refractivity contribution is 0.149. The number of fused-ring (bicyclic) bond motifs is 14. The minimum Gasteiger partial charge on any atom is -0.375 e. The number of benzene rings is 8. The first-order chi connectivity index (χ1) is 34.1. The third kappa shape index (κ3) is 5.57. The van der Waals surface area contributed by atoms with Gasteiger partial charge in [0.05, 0.1) is 11.0 Å². The summed E-state index contributed by atoms with van der Waals surface area (Å²) in [6.45, 7) is -0.000554. The van der Waals surface area contributed by atoms with Gasteiger partial charge in [-0.05, 0) is 177 Å². The lowest BCUT2D eigenvalue weighted by Crippen LogP contribution is -2.55. The molecule has 0 amide bonds. The van der Waals surface area contributed by atoms with E-state index in [9.17, 15) is 0 Å². The predicted octanol–water partition coefficient (Wildman–Crippen LogP) is 16.1. The molecule has 0 radical (unpaired) electrons. The van der Waals surface area contributed by atoms with E-state index in [1.807, 2.05) is 0 Å². The van der Waals surface area contributed by atoms with Crippen LogP contribution in [0.5, 0.6) is 0 Å². The van der Waals surface area contributed by atoms with Crippen molar-refractivity contribution < 1.29 is 0 Å². The Morgan fingerprint density at radius 2 is 0.942 bits per heavy atom. The highest BCUT2D eigenvalue weighted by Crippen LogP contribution is 2.55. The molecule has 0 N–H and O–H groups in total. The summed E-state index contributed by atoms with van der Waals surface area (Å²) in [5.74, 6) is 1.75. The molecule has 4 heterocycles. The molecule has 2 aliphatic heterocycles. The average molecular weight is 889 g/mol. The van der Waals surface area contributed by atoms with Gasteiger partial charge in [0, 0.05) is 43.8 Å². The molecule has 0 unspecified atom stereocenters. The molecule has 334 valence electrons. The second-order valence-electron chi connectivity index (χ2n) is 22.8. The van der Waals surface area contributed by atoms with Crippen LogP contribution in [0.3, 0.4) is 0 Å². The molecular weight excluding hydrogens is 832 g/mol. The maximum atomic E-state index is 2.87. The maximum Gasteiger partial charge on any atom is 0.333 e. The molecule has 4 saturated carbocycles. The predicted molar refractivity (Wildman–Crippen MR) is 291 cm³/mol. The van der Waals surface area contributed by atoms with Gasteiger partial charge in [0.15, 0.2) is 0 Å². The Bertz CT molecular complexity index is 3740. The van der Waals surface area contributed by atoms with E-state index in [1.165, 1.54) is 195 Å². The number of nitrogens with zero attached hydrogens (tertiary/aromatic N) is 2. The first-order valence-electron chi connectivity index (χ1n) is 26.7. The van der Waals surface area contributed by atoms with E-state index in [0.717, 1.165) is 11.8 Å². The average Bonchev–Trinajstić information content (AvgIpc) is 3.92. The number of rotatable bonds is 5. The van der Waals surface area contributed by atoms with Crippen LogP contribution in [0.25, 0.3) is 93.8 Å². The highest BCUT2D eigenvalue weighted by atomic mass is 15.0. The molecule has 3 heteroatoms. The summed E-state index contributed by atoms with van der Waals surface area (Å²) in [5, 5.41) is 5.63. The molecule has 0 saturated heterocycles. The summed E-state index contributed by atoms with van der Waals surface area (Å²) in [6.07, 6.45) is 19.2. The summed E-state index contributed by atoms with van der Waals surface area (Å²) in [7, 11) is 0. The Morgan fingerprint density at radius 3 is 1.59 bits per heavy atom. The fourth-order valence-corrected chi connectivity index (χ4v) is 16.3. The van der Waals surface area contributed by atoms with Crippen molar-refractivity contribution >= 4 is 61.4 Å². The Kier molecular flexibility index (Phi) is 8.25. The second kappa shape index (κ2) is 14.5. The Balaban J connectivity index is 1.06. The van der Waals surface area contributed by atoms with Crippen LogP contribution in [0, 0.1) is 11.8 Å². The van der Waals surface area contributed by atoms with E-state index in [0.29, 0.717) is 5.41 Å². The molecule has 0 spiro atoms. The molecule has 4 fully saturated rings. The monoisotopic (exact) mass is 888 g/mol. The van der Waals surface area contributed by atoms with Gasteiger partial charge in [0.2, 0.25) is 0 Å². The minimum absolute atomic E-state index is 0.000554. The maximum absolute atomic E-state index is 2.87. The van der Waals surface area contributed by atoms with Crippen molar-refractivity contribution in [2.24, 2.45) is 11.8 Å². The molecule has 2 aromatic heterocycles. The molecule has 4 aliphatic carbocycles. The zero-order valence-electron chi connectivity index (χ0n) is 39.6. The molecule has 8 aromatic carbocycles. The third-order valence-corrected chi connectivity index (χ3v) is 19.3. The molecule has 0 atom stereocenters. The van der Waals surface area contributed by atoms with Crippen LogP contribution in [0.15, 0.2) is 164 Å². The van der Waals surface area contributed by atoms with Gasteiger partial charge in [-0.1, -0.05) is 161 Å². The van der Waals surface area contributed by atoms with E-state index in [2.05, 4.69) is 173 Å². The Hall–Kier alpha value is -6.58. The van der Waals surface area contributed by atoms with E-state index in [-0.39, 0.29) is 12.3 Å². The zero-order chi connectivity index (χ0) is 45.0.